The third-order valence-corrected chi connectivity index (χ3v) is 29.1. The van der Waals surface area contributed by atoms with Crippen molar-refractivity contribution >= 4 is 190 Å². The summed E-state index contributed by atoms with van der Waals surface area (Å²) in [5, 5.41) is 14.8. The number of carbonyl (C=O) groups is 4. The normalized spacial score (nSPS) is 15.7. The summed E-state index contributed by atoms with van der Waals surface area (Å²) in [7, 11) is -11.0. The van der Waals surface area contributed by atoms with Gasteiger partial charge in [0.2, 0.25) is 0 Å². The van der Waals surface area contributed by atoms with Gasteiger partial charge in [0.05, 0.1) is 83.7 Å². The Balaban J connectivity index is 0.000000138. The highest BCUT2D eigenvalue weighted by atomic mass is 35.5. The number of halogens is 4. The van der Waals surface area contributed by atoms with Gasteiger partial charge in [-0.15, -0.1) is 0 Å². The first-order valence-corrected chi connectivity index (χ1v) is 47.0. The molecule has 0 spiro atoms. The van der Waals surface area contributed by atoms with E-state index in [0.29, 0.717) is 198 Å². The lowest BCUT2D eigenvalue weighted by atomic mass is 10.1. The summed E-state index contributed by atoms with van der Waals surface area (Å²) in [6.07, 6.45) is 7.84. The predicted molar refractivity (Wildman–Crippen MR) is 506 cm³/mol. The summed E-state index contributed by atoms with van der Waals surface area (Å²) in [4.78, 5) is 72.2. The number of benzene rings is 10. The van der Waals surface area contributed by atoms with E-state index in [0.717, 1.165) is 40.4 Å². The molecule has 13 aromatic rings. The fourth-order valence-corrected chi connectivity index (χ4v) is 20.6. The van der Waals surface area contributed by atoms with Crippen molar-refractivity contribution in [2.24, 2.45) is 0 Å². The SMILES string of the molecule is Cc1ccc(-c2cc(NC(=O)c3ccc(N4CCCN(C)S4(=O)=O)cc3)ccc2Cl)nc1.Nc1cccc2c(NC(=O)c3ccc(N4CCCNS4(=O)=O)cc3)ccc(Cl)c12.O=C(Nc1ccc(Cl)c(-c2cnc3ccccc3n2)c1)c1ccc(N2CCCNS2(=O)=O)cc1.[C-]#[N+]c1ccnc(-c2cc(NC(=O)c3ccc(N4CCCN(C)S4(=O)=O)cc3)ccc2Cl)c1. The van der Waals surface area contributed by atoms with Gasteiger partial charge in [0.15, 0.2) is 5.69 Å². The third-order valence-electron chi connectivity index (χ3n) is 20.9. The van der Waals surface area contributed by atoms with Crippen LogP contribution in [-0.4, -0.2) is 152 Å². The van der Waals surface area contributed by atoms with Crippen LogP contribution in [-0.2, 0) is 40.8 Å². The van der Waals surface area contributed by atoms with Crippen LogP contribution in [0.5, 0.6) is 0 Å². The number of amides is 4. The van der Waals surface area contributed by atoms with Crippen LogP contribution in [0.4, 0.5) is 56.9 Å². The van der Waals surface area contributed by atoms with Gasteiger partial charge >= 0.3 is 40.8 Å². The van der Waals surface area contributed by atoms with E-state index in [1.807, 2.05) is 49.4 Å². The molecular formula is C90H82Cl4N18O12S4. The maximum Gasteiger partial charge on any atom is 0.303 e. The van der Waals surface area contributed by atoms with Crippen molar-refractivity contribution in [1.82, 2.24) is 38.0 Å². The van der Waals surface area contributed by atoms with E-state index >= 15 is 0 Å². The molecule has 0 unspecified atom stereocenters. The van der Waals surface area contributed by atoms with E-state index in [1.165, 1.54) is 32.0 Å². The zero-order valence-corrected chi connectivity index (χ0v) is 75.0. The molecule has 4 saturated heterocycles. The number of pyridine rings is 2. The molecule has 3 aromatic heterocycles. The minimum Gasteiger partial charge on any atom is -0.398 e. The predicted octanol–water partition coefficient (Wildman–Crippen LogP) is 16.6. The van der Waals surface area contributed by atoms with E-state index in [1.54, 1.807) is 215 Å². The van der Waals surface area contributed by atoms with E-state index in [2.05, 4.69) is 55.5 Å². The third kappa shape index (κ3) is 21.2. The number of nitrogens with one attached hydrogen (secondary N) is 6. The summed E-state index contributed by atoms with van der Waals surface area (Å²) >= 11 is 25.3. The first-order chi connectivity index (χ1) is 61.3. The van der Waals surface area contributed by atoms with Crippen LogP contribution in [0.3, 0.4) is 0 Å². The molecule has 0 saturated carbocycles. The van der Waals surface area contributed by atoms with E-state index in [9.17, 15) is 52.8 Å². The van der Waals surface area contributed by atoms with Crippen molar-refractivity contribution in [3.8, 4) is 33.8 Å². The van der Waals surface area contributed by atoms with Gasteiger partial charge in [-0.1, -0.05) is 76.7 Å². The number of fused-ring (bicyclic) bond motifs is 2. The topological polar surface area (TPSA) is 378 Å². The molecule has 10 aromatic carbocycles. The highest BCUT2D eigenvalue weighted by molar-refractivity contribution is 7.91. The number of nitrogens with zero attached hydrogens (tertiary/aromatic N) is 11. The summed E-state index contributed by atoms with van der Waals surface area (Å²) in [6.45, 7) is 12.6. The summed E-state index contributed by atoms with van der Waals surface area (Å²) in [5.41, 5.74) is 19.3. The summed E-state index contributed by atoms with van der Waals surface area (Å²) < 4.78 is 112. The first kappa shape index (κ1) is 91.5. The molecule has 4 aliphatic rings. The number of carbonyl (C=O) groups excluding carboxylic acids is 4. The lowest BCUT2D eigenvalue weighted by Gasteiger charge is -2.33. The van der Waals surface area contributed by atoms with E-state index in [-0.39, 0.29) is 23.6 Å². The van der Waals surface area contributed by atoms with Gasteiger partial charge in [0.1, 0.15) is 0 Å². The Morgan fingerprint density at radius 1 is 0.414 bits per heavy atom. The molecule has 4 fully saturated rings. The molecule has 7 heterocycles. The van der Waals surface area contributed by atoms with Crippen LogP contribution in [0.15, 0.2) is 249 Å². The Labute approximate surface area is 760 Å². The number of nitrogen functional groups attached to an aromatic ring is 1. The van der Waals surface area contributed by atoms with E-state index < -0.39 is 40.8 Å². The first-order valence-electron chi connectivity index (χ1n) is 39.9. The second-order valence-electron chi connectivity index (χ2n) is 29.6. The van der Waals surface area contributed by atoms with Gasteiger partial charge in [-0.25, -0.2) is 9.83 Å². The van der Waals surface area contributed by atoms with E-state index in [4.69, 9.17) is 58.7 Å². The fourth-order valence-electron chi connectivity index (χ4n) is 14.1. The van der Waals surface area contributed by atoms with Gasteiger partial charge in [-0.05, 0) is 238 Å². The number of nitrogens with two attached hydrogens (primary N) is 1. The summed E-state index contributed by atoms with van der Waals surface area (Å²) in [6, 6.07) is 64.6. The Hall–Kier alpha value is -12.7. The smallest absolute Gasteiger partial charge is 0.303 e. The largest absolute Gasteiger partial charge is 0.398 e. The van der Waals surface area contributed by atoms with Crippen LogP contribution in [0.1, 0.15) is 72.7 Å². The lowest BCUT2D eigenvalue weighted by Crippen LogP contribution is -2.47. The average Bonchev–Trinajstić information content (AvgIpc) is 0.792. The molecule has 17 rings (SSSR count). The highest BCUT2D eigenvalue weighted by Crippen LogP contribution is 2.38. The van der Waals surface area contributed by atoms with Crippen LogP contribution < -0.4 is 53.7 Å². The molecule has 656 valence electrons. The number of anilines is 9. The van der Waals surface area contributed by atoms with Crippen molar-refractivity contribution < 1.29 is 52.8 Å². The molecule has 0 aliphatic carbocycles. The number of aromatic nitrogens is 4. The second-order valence-corrected chi connectivity index (χ2v) is 38.5. The minimum atomic E-state index is -3.55. The Morgan fingerprint density at radius 3 is 1.28 bits per heavy atom. The fraction of sp³-hybridized carbons (Fsp3) is 0.167. The van der Waals surface area contributed by atoms with Gasteiger partial charge < -0.3 is 27.0 Å². The molecule has 128 heavy (non-hydrogen) atoms. The Morgan fingerprint density at radius 2 is 0.836 bits per heavy atom. The van der Waals surface area contributed by atoms with Crippen LogP contribution >= 0.6 is 46.4 Å². The Bertz CT molecular complexity index is 6930. The number of aryl methyl sites for hydroxylation is 1. The number of para-hydroxylation sites is 2. The molecule has 0 atom stereocenters. The zero-order chi connectivity index (χ0) is 90.8. The molecule has 0 bridgehead atoms. The van der Waals surface area contributed by atoms with Crippen molar-refractivity contribution in [3.63, 3.8) is 0 Å². The number of hydrogen-bond acceptors (Lipinski definition) is 17. The molecular weight excluding hydrogens is 1800 g/mol. The monoisotopic (exact) mass is 1870 g/mol. The van der Waals surface area contributed by atoms with Crippen LogP contribution in [0, 0.1) is 13.5 Å². The zero-order valence-electron chi connectivity index (χ0n) is 68.7. The standard InChI is InChI=1S/C24H20ClN5O3S.C23H20ClN5O3S.C23H23ClN4O3S.C20H19ClN4O3S/c25-20-11-8-17(14-19(20)23-15-26-21-4-1-2-5-22(21)29-23)28-24(31)16-6-9-18(10-7-16)30-13-3-12-27-34(30,32)33;1-25-17-10-11-26-22(15-17)20-14-18(6-9-21(20)24)27-23(30)16-4-7-19(8-5-16)29-13-3-12-28(2)33(29,31)32;1-16-4-11-22(25-15-16)20-14-18(7-10-21(20)24)26-23(29)17-5-8-19(9-6-17)28-13-3-12-27(2)32(28,30)31;21-16-9-10-18(15-3-1-4-17(22)19(15)16)24-20(26)13-5-7-14(8-6-13)25-12-2-11-23-29(25,27)28/h1-2,4-11,14-15,27H,3,12-13H2,(H,28,31);4-11,14-15H,3,12-13H2,2H3,(H,27,30);4-11,14-15H,3,12-13H2,1-2H3,(H,26,29);1,3-10,23H,2,11-12,22H2,(H,24,26). The highest BCUT2D eigenvalue weighted by Gasteiger charge is 2.34. The molecule has 30 nitrogen and oxygen atoms in total. The second kappa shape index (κ2) is 39.7. The van der Waals surface area contributed by atoms with Crippen molar-refractivity contribution in [3.05, 3.63) is 308 Å². The Kier molecular flexibility index (Phi) is 28.3. The molecule has 38 heteroatoms. The van der Waals surface area contributed by atoms with Gasteiger partial charge in [0, 0.05) is 157 Å². The quantitative estimate of drug-likeness (QED) is 0.0370. The van der Waals surface area contributed by atoms with Crippen molar-refractivity contribution in [2.45, 2.75) is 32.6 Å². The van der Waals surface area contributed by atoms with Crippen molar-refractivity contribution in [1.29, 1.82) is 0 Å². The minimum absolute atomic E-state index is 0.305. The van der Waals surface area contributed by atoms with Crippen LogP contribution in [0.25, 0.3) is 60.4 Å². The van der Waals surface area contributed by atoms with Gasteiger partial charge in [0.25, 0.3) is 23.6 Å². The maximum atomic E-state index is 12.8. The van der Waals surface area contributed by atoms with Gasteiger partial charge in [-0.2, -0.15) is 51.7 Å². The maximum absolute atomic E-state index is 12.8. The summed E-state index contributed by atoms with van der Waals surface area (Å²) in [5.74, 6) is -1.30. The number of rotatable bonds is 15. The molecule has 0 radical (unpaired) electrons. The van der Waals surface area contributed by atoms with Crippen molar-refractivity contribution in [2.75, 3.05) is 111 Å². The molecule has 4 aliphatic heterocycles. The molecule has 4 amide bonds. The average molecular weight is 1880 g/mol. The molecule has 8 N–H and O–H groups in total. The van der Waals surface area contributed by atoms with Gasteiger partial charge in [-0.3, -0.25) is 51.4 Å². The van der Waals surface area contributed by atoms with Crippen LogP contribution in [0.2, 0.25) is 20.1 Å². The lowest BCUT2D eigenvalue weighted by molar-refractivity contribution is 0.101. The number of hydrogen-bond donors (Lipinski definition) is 7.